The molecule has 0 amide bonds. The molecule has 2 aromatic heterocycles. The van der Waals surface area contributed by atoms with Gasteiger partial charge in [-0.2, -0.15) is 0 Å². The fourth-order valence-electron chi connectivity index (χ4n) is 2.62. The van der Waals surface area contributed by atoms with Gasteiger partial charge in [0.2, 0.25) is 5.95 Å². The van der Waals surface area contributed by atoms with Crippen LogP contribution in [0.2, 0.25) is 0 Å². The summed E-state index contributed by atoms with van der Waals surface area (Å²) in [5.74, 6) is 1.27. The van der Waals surface area contributed by atoms with E-state index in [-0.39, 0.29) is 11.2 Å². The van der Waals surface area contributed by atoms with Gasteiger partial charge in [0, 0.05) is 18.6 Å². The standard InChI is InChI=1S/C16H21BN4O2/c1-15(2)16(3,4)23-17(22-15)13-9-21(10-20-13)14-18-7-12(8-19-14)11-5-6-11/h7-11H,5-6H2,1-4H3. The third-order valence-electron chi connectivity index (χ3n) is 5.04. The minimum absolute atomic E-state index is 0.371. The Bertz CT molecular complexity index is 706. The Morgan fingerprint density at radius 2 is 1.65 bits per heavy atom. The number of rotatable bonds is 3. The Morgan fingerprint density at radius 3 is 2.22 bits per heavy atom. The molecule has 0 bridgehead atoms. The molecule has 0 spiro atoms. The minimum atomic E-state index is -0.466. The Morgan fingerprint density at radius 1 is 1.04 bits per heavy atom. The van der Waals surface area contributed by atoms with Gasteiger partial charge in [-0.3, -0.25) is 4.57 Å². The lowest BCUT2D eigenvalue weighted by atomic mass is 9.86. The zero-order valence-electron chi connectivity index (χ0n) is 14.0. The molecule has 2 fully saturated rings. The average molecular weight is 312 g/mol. The largest absolute Gasteiger partial charge is 0.516 e. The molecular weight excluding hydrogens is 291 g/mol. The van der Waals surface area contributed by atoms with Crippen molar-refractivity contribution in [1.82, 2.24) is 19.5 Å². The Kier molecular flexibility index (Phi) is 3.15. The lowest BCUT2D eigenvalue weighted by Gasteiger charge is -2.32. The number of hydrogen-bond acceptors (Lipinski definition) is 5. The Labute approximate surface area is 136 Å². The van der Waals surface area contributed by atoms with Crippen LogP contribution in [-0.4, -0.2) is 37.8 Å². The second-order valence-electron chi connectivity index (χ2n) is 7.38. The van der Waals surface area contributed by atoms with Gasteiger partial charge in [0.25, 0.3) is 0 Å². The maximum atomic E-state index is 6.02. The monoisotopic (exact) mass is 312 g/mol. The molecule has 1 saturated heterocycles. The summed E-state index contributed by atoms with van der Waals surface area (Å²) < 4.78 is 13.8. The summed E-state index contributed by atoms with van der Waals surface area (Å²) in [4.78, 5) is 13.3. The smallest absolute Gasteiger partial charge is 0.398 e. The van der Waals surface area contributed by atoms with Gasteiger partial charge >= 0.3 is 7.12 Å². The molecule has 2 aliphatic rings. The molecule has 6 nitrogen and oxygen atoms in total. The molecule has 3 heterocycles. The van der Waals surface area contributed by atoms with E-state index >= 15 is 0 Å². The summed E-state index contributed by atoms with van der Waals surface area (Å²) in [6.45, 7) is 8.13. The SMILES string of the molecule is CC1(C)OB(c2cn(-c3ncc(C4CC4)cn3)cn2)OC1(C)C. The molecule has 0 unspecified atom stereocenters. The van der Waals surface area contributed by atoms with Crippen LogP contribution >= 0.6 is 0 Å². The minimum Gasteiger partial charge on any atom is -0.398 e. The lowest BCUT2D eigenvalue weighted by Crippen LogP contribution is -2.41. The fraction of sp³-hybridized carbons (Fsp3) is 0.562. The van der Waals surface area contributed by atoms with E-state index in [1.54, 1.807) is 10.9 Å². The molecule has 7 heteroatoms. The lowest BCUT2D eigenvalue weighted by molar-refractivity contribution is 0.00578. The van der Waals surface area contributed by atoms with Crippen molar-refractivity contribution in [3.8, 4) is 5.95 Å². The number of imidazole rings is 1. The molecular formula is C16H21BN4O2. The maximum absolute atomic E-state index is 6.02. The summed E-state index contributed by atoms with van der Waals surface area (Å²) in [5, 5.41) is 0. The van der Waals surface area contributed by atoms with Gasteiger partial charge in [-0.15, -0.1) is 0 Å². The quantitative estimate of drug-likeness (QED) is 0.809. The zero-order valence-corrected chi connectivity index (χ0v) is 14.0. The van der Waals surface area contributed by atoms with Gasteiger partial charge < -0.3 is 9.31 Å². The molecule has 0 N–H and O–H groups in total. The van der Waals surface area contributed by atoms with Crippen LogP contribution < -0.4 is 5.59 Å². The van der Waals surface area contributed by atoms with Crippen molar-refractivity contribution in [2.75, 3.05) is 0 Å². The molecule has 1 aliphatic carbocycles. The average Bonchev–Trinajstić information content (AvgIpc) is 3.17. The third-order valence-corrected chi connectivity index (χ3v) is 5.04. The van der Waals surface area contributed by atoms with Crippen LogP contribution in [0.3, 0.4) is 0 Å². The van der Waals surface area contributed by atoms with E-state index in [0.29, 0.717) is 11.9 Å². The van der Waals surface area contributed by atoms with Crippen molar-refractivity contribution in [1.29, 1.82) is 0 Å². The van der Waals surface area contributed by atoms with Gasteiger partial charge in [-0.05, 0) is 52.0 Å². The van der Waals surface area contributed by atoms with E-state index < -0.39 is 7.12 Å². The van der Waals surface area contributed by atoms with Crippen LogP contribution in [0, 0.1) is 0 Å². The van der Waals surface area contributed by atoms with Gasteiger partial charge in [0.1, 0.15) is 6.33 Å². The molecule has 1 saturated carbocycles. The molecule has 120 valence electrons. The van der Waals surface area contributed by atoms with Crippen LogP contribution in [-0.2, 0) is 9.31 Å². The summed E-state index contributed by atoms with van der Waals surface area (Å²) in [5.41, 5.74) is 1.21. The van der Waals surface area contributed by atoms with Crippen LogP contribution in [0.25, 0.3) is 5.95 Å². The van der Waals surface area contributed by atoms with E-state index in [9.17, 15) is 0 Å². The topological polar surface area (TPSA) is 62.1 Å². The first-order valence-corrected chi connectivity index (χ1v) is 8.07. The van der Waals surface area contributed by atoms with Crippen molar-refractivity contribution in [3.63, 3.8) is 0 Å². The number of nitrogens with zero attached hydrogens (tertiary/aromatic N) is 4. The van der Waals surface area contributed by atoms with E-state index in [0.717, 1.165) is 5.59 Å². The van der Waals surface area contributed by atoms with Gasteiger partial charge in [0.05, 0.1) is 16.8 Å². The first-order valence-electron chi connectivity index (χ1n) is 8.07. The second-order valence-corrected chi connectivity index (χ2v) is 7.38. The number of aromatic nitrogens is 4. The molecule has 4 rings (SSSR count). The molecule has 0 radical (unpaired) electrons. The van der Waals surface area contributed by atoms with Gasteiger partial charge in [0.15, 0.2) is 0 Å². The predicted octanol–water partition coefficient (Wildman–Crippen LogP) is 1.84. The highest BCUT2D eigenvalue weighted by molar-refractivity contribution is 6.61. The van der Waals surface area contributed by atoms with Crippen LogP contribution in [0.4, 0.5) is 0 Å². The highest BCUT2D eigenvalue weighted by atomic mass is 16.7. The van der Waals surface area contributed by atoms with Crippen molar-refractivity contribution in [2.45, 2.75) is 57.7 Å². The summed E-state index contributed by atoms with van der Waals surface area (Å²) in [6, 6.07) is 0. The highest BCUT2D eigenvalue weighted by Gasteiger charge is 2.52. The maximum Gasteiger partial charge on any atom is 0.516 e. The van der Waals surface area contributed by atoms with E-state index in [4.69, 9.17) is 9.31 Å². The van der Waals surface area contributed by atoms with E-state index in [2.05, 4.69) is 15.0 Å². The van der Waals surface area contributed by atoms with E-state index in [1.807, 2.05) is 46.3 Å². The first kappa shape index (κ1) is 14.8. The van der Waals surface area contributed by atoms with Crippen molar-refractivity contribution in [2.24, 2.45) is 0 Å². The van der Waals surface area contributed by atoms with Crippen LogP contribution in [0.5, 0.6) is 0 Å². The molecule has 1 aliphatic heterocycles. The second kappa shape index (κ2) is 4.88. The van der Waals surface area contributed by atoms with Crippen LogP contribution in [0.15, 0.2) is 24.9 Å². The predicted molar refractivity (Wildman–Crippen MR) is 86.8 cm³/mol. The summed E-state index contributed by atoms with van der Waals surface area (Å²) in [6.07, 6.45) is 9.89. The molecule has 0 atom stereocenters. The molecule has 2 aromatic rings. The van der Waals surface area contributed by atoms with Gasteiger partial charge in [-0.1, -0.05) is 0 Å². The van der Waals surface area contributed by atoms with Gasteiger partial charge in [-0.25, -0.2) is 15.0 Å². The van der Waals surface area contributed by atoms with E-state index in [1.165, 1.54) is 18.4 Å². The number of hydrogen-bond donors (Lipinski definition) is 0. The molecule has 23 heavy (non-hydrogen) atoms. The Balaban J connectivity index is 1.55. The van der Waals surface area contributed by atoms with Crippen molar-refractivity contribution < 1.29 is 9.31 Å². The summed E-state index contributed by atoms with van der Waals surface area (Å²) >= 11 is 0. The van der Waals surface area contributed by atoms with Crippen molar-refractivity contribution >= 4 is 12.7 Å². The zero-order chi connectivity index (χ0) is 16.2. The van der Waals surface area contributed by atoms with Crippen LogP contribution in [0.1, 0.15) is 52.0 Å². The third kappa shape index (κ3) is 2.58. The van der Waals surface area contributed by atoms with Crippen molar-refractivity contribution in [3.05, 3.63) is 30.5 Å². The summed E-state index contributed by atoms with van der Waals surface area (Å²) in [7, 11) is -0.466. The Hall–Kier alpha value is -1.73. The normalized spacial score (nSPS) is 22.5. The first-order chi connectivity index (χ1) is 10.9. The molecule has 0 aromatic carbocycles. The fourth-order valence-corrected chi connectivity index (χ4v) is 2.62. The highest BCUT2D eigenvalue weighted by Crippen LogP contribution is 2.39.